The summed E-state index contributed by atoms with van der Waals surface area (Å²) < 4.78 is 9.25. The molecule has 0 unspecified atom stereocenters. The Morgan fingerprint density at radius 3 is 1.75 bits per heavy atom. The van der Waals surface area contributed by atoms with Gasteiger partial charge in [0.05, 0.1) is 0 Å². The van der Waals surface area contributed by atoms with E-state index in [9.17, 15) is 0 Å². The number of rotatable bonds is 9. The molecule has 0 fully saturated rings. The van der Waals surface area contributed by atoms with Crippen LogP contribution in [0.3, 0.4) is 0 Å². The van der Waals surface area contributed by atoms with Gasteiger partial charge in [-0.3, -0.25) is 0 Å². The average molecular weight is 1080 g/mol. The summed E-state index contributed by atoms with van der Waals surface area (Å²) in [6.07, 6.45) is 4.19. The van der Waals surface area contributed by atoms with Gasteiger partial charge < -0.3 is 19.1 Å². The third-order valence-electron chi connectivity index (χ3n) is 13.8. The molecule has 9 rings (SSSR count). The minimum atomic E-state index is -0.352. The Morgan fingerprint density at radius 1 is 0.500 bits per heavy atom. The van der Waals surface area contributed by atoms with E-state index < -0.39 is 0 Å². The topological polar surface area (TPSA) is 33.5 Å². The van der Waals surface area contributed by atoms with E-state index in [0.717, 1.165) is 44.6 Å². The van der Waals surface area contributed by atoms with Crippen molar-refractivity contribution in [3.63, 3.8) is 0 Å². The van der Waals surface area contributed by atoms with Crippen LogP contribution >= 0.6 is 0 Å². The summed E-state index contributed by atoms with van der Waals surface area (Å²) in [4.78, 5) is 9.57. The van der Waals surface area contributed by atoms with Gasteiger partial charge in [-0.25, -0.2) is 4.98 Å². The van der Waals surface area contributed by atoms with Gasteiger partial charge in [-0.2, -0.15) is 6.07 Å². The molecule has 6 aromatic carbocycles. The predicted octanol–water partition coefficient (Wildman–Crippen LogP) is 16.1. The van der Waals surface area contributed by atoms with Crippen LogP contribution in [0.4, 0.5) is 11.4 Å². The van der Waals surface area contributed by atoms with Crippen molar-refractivity contribution in [2.45, 2.75) is 112 Å². The van der Waals surface area contributed by atoms with Gasteiger partial charge >= 0.3 is 0 Å². The molecule has 8 aromatic rings. The summed E-state index contributed by atoms with van der Waals surface area (Å²) in [5.74, 6) is 2.05. The van der Waals surface area contributed by atoms with E-state index in [1.54, 1.807) is 0 Å². The zero-order chi connectivity index (χ0) is 47.7. The summed E-state index contributed by atoms with van der Waals surface area (Å²) in [5, 5.41) is 2.25. The van der Waals surface area contributed by atoms with Gasteiger partial charge in [-0.05, 0) is 86.0 Å². The second-order valence-electron chi connectivity index (χ2n) is 22.5. The van der Waals surface area contributed by atoms with Crippen molar-refractivity contribution in [3.05, 3.63) is 210 Å². The molecular formula is C62H65N4OPt-3. The molecule has 0 saturated heterocycles. The molecule has 2 aromatic heterocycles. The van der Waals surface area contributed by atoms with E-state index in [1.165, 1.54) is 33.5 Å². The quantitative estimate of drug-likeness (QED) is 0.135. The number of hydrogen-bond acceptors (Lipinski definition) is 4. The van der Waals surface area contributed by atoms with Crippen LogP contribution in [0.1, 0.15) is 123 Å². The van der Waals surface area contributed by atoms with Crippen molar-refractivity contribution in [1.29, 1.82) is 0 Å². The molecule has 1 aliphatic rings. The SMILES string of the molecule is CC(C)(C)C1=CN(c2[c-]c(Oc3[c-]c4c(cc3)c3cc(C(C)(C)C)ccc3n4-c3cc(C(C)(C)c4ccccc4)ccn3)cc(C(C)(C)c3ccccc3)c2)[CH-]N1c1cccc(C(C)(C)C)c1.[Pt]. The molecule has 0 bridgehead atoms. The number of hydrogen-bond donors (Lipinski definition) is 0. The maximum absolute atomic E-state index is 7.00. The second-order valence-corrected chi connectivity index (χ2v) is 22.5. The molecule has 6 heteroatoms. The van der Waals surface area contributed by atoms with Crippen molar-refractivity contribution >= 4 is 33.2 Å². The van der Waals surface area contributed by atoms with Crippen LogP contribution in [0.25, 0.3) is 27.6 Å². The molecule has 0 radical (unpaired) electrons. The molecule has 3 heterocycles. The Bertz CT molecular complexity index is 3140. The molecule has 0 saturated carbocycles. The van der Waals surface area contributed by atoms with E-state index >= 15 is 0 Å². The zero-order valence-electron chi connectivity index (χ0n) is 42.0. The largest absolute Gasteiger partial charge is 0.509 e. The van der Waals surface area contributed by atoms with Gasteiger partial charge in [0.1, 0.15) is 5.82 Å². The third kappa shape index (κ3) is 9.32. The Morgan fingerprint density at radius 2 is 1.12 bits per heavy atom. The standard InChI is InChI=1S/C62H65N4O.Pt/c1-58(2,3)44-25-20-26-48(33-44)65-41-64(40-56(65)60(7,8)9)49-34-47(62(12,13)43-23-18-15-19-24-43)35-51(38-49)67-50-28-29-52-53-36-45(59(4,5)6)27-30-54(53)66(55(52)39-50)57-37-46(31-32-63-57)61(10,11)42-21-16-14-17-22-42;/h14-37,40-41H,1-13H3;/q-3;. The number of benzene rings is 6. The van der Waals surface area contributed by atoms with Crippen LogP contribution in [-0.2, 0) is 42.7 Å². The zero-order valence-corrected chi connectivity index (χ0v) is 44.3. The number of allylic oxidation sites excluding steroid dienone is 1. The Labute approximate surface area is 420 Å². The number of aromatic nitrogens is 2. The van der Waals surface area contributed by atoms with Crippen molar-refractivity contribution in [2.75, 3.05) is 9.80 Å². The summed E-state index contributed by atoms with van der Waals surface area (Å²) in [7, 11) is 0. The molecular weight excluding hydrogens is 1010 g/mol. The number of pyridine rings is 1. The molecule has 5 nitrogen and oxygen atoms in total. The number of nitrogens with zero attached hydrogens (tertiary/aromatic N) is 4. The minimum absolute atomic E-state index is 0. The van der Waals surface area contributed by atoms with Gasteiger partial charge in [0, 0.05) is 66.5 Å². The van der Waals surface area contributed by atoms with Crippen molar-refractivity contribution in [1.82, 2.24) is 9.55 Å². The number of ether oxygens (including phenoxy) is 1. The molecule has 0 aliphatic carbocycles. The minimum Gasteiger partial charge on any atom is -0.509 e. The Kier molecular flexibility index (Phi) is 12.8. The molecule has 0 amide bonds. The van der Waals surface area contributed by atoms with Crippen LogP contribution < -0.4 is 14.5 Å². The van der Waals surface area contributed by atoms with Crippen LogP contribution in [-0.4, -0.2) is 9.55 Å². The van der Waals surface area contributed by atoms with Gasteiger partial charge in [0.15, 0.2) is 0 Å². The number of fused-ring (bicyclic) bond motifs is 3. The fourth-order valence-electron chi connectivity index (χ4n) is 9.29. The van der Waals surface area contributed by atoms with E-state index in [4.69, 9.17) is 9.72 Å². The fourth-order valence-corrected chi connectivity index (χ4v) is 9.29. The summed E-state index contributed by atoms with van der Waals surface area (Å²) in [6, 6.07) is 57.6. The molecule has 0 atom stereocenters. The second kappa shape index (κ2) is 17.9. The van der Waals surface area contributed by atoms with Crippen LogP contribution in [0.15, 0.2) is 158 Å². The first-order chi connectivity index (χ1) is 31.6. The van der Waals surface area contributed by atoms with E-state index in [1.807, 2.05) is 12.3 Å². The maximum atomic E-state index is 7.00. The van der Waals surface area contributed by atoms with Crippen molar-refractivity contribution in [2.24, 2.45) is 5.41 Å². The van der Waals surface area contributed by atoms with E-state index in [0.29, 0.717) is 11.5 Å². The van der Waals surface area contributed by atoms with Crippen LogP contribution in [0.2, 0.25) is 0 Å². The normalized spacial score (nSPS) is 13.8. The van der Waals surface area contributed by atoms with Crippen molar-refractivity contribution < 1.29 is 25.8 Å². The van der Waals surface area contributed by atoms with Crippen LogP contribution in [0.5, 0.6) is 11.5 Å². The van der Waals surface area contributed by atoms with E-state index in [-0.39, 0.29) is 48.1 Å². The first-order valence-electron chi connectivity index (χ1n) is 23.7. The van der Waals surface area contributed by atoms with Crippen LogP contribution in [0, 0.1) is 24.2 Å². The molecule has 0 N–H and O–H groups in total. The maximum Gasteiger partial charge on any atom is 0.135 e. The van der Waals surface area contributed by atoms with Gasteiger partial charge in [0.25, 0.3) is 0 Å². The van der Waals surface area contributed by atoms with Gasteiger partial charge in [-0.1, -0.05) is 180 Å². The fraction of sp³-hybridized carbons (Fsp3) is 0.290. The summed E-state index contributed by atoms with van der Waals surface area (Å²) in [6.45, 7) is 31.7. The molecule has 1 aliphatic heterocycles. The molecule has 68 heavy (non-hydrogen) atoms. The Hall–Kier alpha value is -5.90. The molecule has 0 spiro atoms. The predicted molar refractivity (Wildman–Crippen MR) is 281 cm³/mol. The van der Waals surface area contributed by atoms with Gasteiger partial charge in [0.2, 0.25) is 0 Å². The smallest absolute Gasteiger partial charge is 0.135 e. The monoisotopic (exact) mass is 1080 g/mol. The number of anilines is 2. The summed E-state index contributed by atoms with van der Waals surface area (Å²) in [5.41, 5.74) is 11.7. The third-order valence-corrected chi connectivity index (χ3v) is 13.8. The molecule has 352 valence electrons. The van der Waals surface area contributed by atoms with Gasteiger partial charge in [-0.15, -0.1) is 53.6 Å². The average Bonchev–Trinajstić information content (AvgIpc) is 3.90. The summed E-state index contributed by atoms with van der Waals surface area (Å²) >= 11 is 0. The van der Waals surface area contributed by atoms with Crippen molar-refractivity contribution in [3.8, 4) is 17.3 Å². The first kappa shape index (κ1) is 48.6. The first-order valence-corrected chi connectivity index (χ1v) is 23.7. The van der Waals surface area contributed by atoms with E-state index in [2.05, 4.69) is 263 Å². The Balaban J connectivity index is 0.00000625.